The molecule has 0 amide bonds. The lowest BCUT2D eigenvalue weighted by Crippen LogP contribution is -2.04. The molecule has 0 heterocycles. The fourth-order valence-corrected chi connectivity index (χ4v) is 1.16. The SMILES string of the molecule is COC(=O)C(C)=CCOc1cccc(C#N)c1. The van der Waals surface area contributed by atoms with Crippen LogP contribution in [0.1, 0.15) is 12.5 Å². The van der Waals surface area contributed by atoms with E-state index >= 15 is 0 Å². The first-order valence-electron chi connectivity index (χ1n) is 5.05. The third-order valence-corrected chi connectivity index (χ3v) is 2.11. The van der Waals surface area contributed by atoms with Gasteiger partial charge in [0.25, 0.3) is 0 Å². The highest BCUT2D eigenvalue weighted by molar-refractivity contribution is 5.87. The van der Waals surface area contributed by atoms with Crippen LogP contribution < -0.4 is 4.74 Å². The number of rotatable bonds is 4. The number of nitrogens with zero attached hydrogens (tertiary/aromatic N) is 1. The number of nitriles is 1. The smallest absolute Gasteiger partial charge is 0.333 e. The summed E-state index contributed by atoms with van der Waals surface area (Å²) in [6, 6.07) is 8.85. The maximum absolute atomic E-state index is 11.1. The van der Waals surface area contributed by atoms with Crippen LogP contribution in [0.2, 0.25) is 0 Å². The minimum Gasteiger partial charge on any atom is -0.489 e. The Hall–Kier alpha value is -2.28. The zero-order valence-electron chi connectivity index (χ0n) is 9.77. The molecule has 1 aromatic rings. The van der Waals surface area contributed by atoms with Crippen LogP contribution in [0.3, 0.4) is 0 Å². The molecule has 0 fully saturated rings. The van der Waals surface area contributed by atoms with Crippen LogP contribution in [0.4, 0.5) is 0 Å². The van der Waals surface area contributed by atoms with Crippen LogP contribution in [0.15, 0.2) is 35.9 Å². The Balaban J connectivity index is 2.57. The van der Waals surface area contributed by atoms with Gasteiger partial charge >= 0.3 is 5.97 Å². The molecule has 0 unspecified atom stereocenters. The third-order valence-electron chi connectivity index (χ3n) is 2.11. The molecule has 0 radical (unpaired) electrons. The molecule has 4 heteroatoms. The van der Waals surface area contributed by atoms with Gasteiger partial charge in [-0.2, -0.15) is 5.26 Å². The number of benzene rings is 1. The van der Waals surface area contributed by atoms with E-state index < -0.39 is 0 Å². The van der Waals surface area contributed by atoms with Crippen molar-refractivity contribution in [3.63, 3.8) is 0 Å². The van der Waals surface area contributed by atoms with Gasteiger partial charge in [-0.05, 0) is 31.2 Å². The van der Waals surface area contributed by atoms with Crippen molar-refractivity contribution in [3.8, 4) is 11.8 Å². The van der Waals surface area contributed by atoms with Gasteiger partial charge in [-0.15, -0.1) is 0 Å². The predicted molar refractivity (Wildman–Crippen MR) is 62.4 cm³/mol. The van der Waals surface area contributed by atoms with Gasteiger partial charge in [0.05, 0.1) is 18.7 Å². The summed E-state index contributed by atoms with van der Waals surface area (Å²) in [5.41, 5.74) is 1.03. The van der Waals surface area contributed by atoms with Gasteiger partial charge in [0.1, 0.15) is 12.4 Å². The quantitative estimate of drug-likeness (QED) is 0.587. The van der Waals surface area contributed by atoms with E-state index in [1.165, 1.54) is 7.11 Å². The second-order valence-electron chi connectivity index (χ2n) is 3.33. The van der Waals surface area contributed by atoms with Gasteiger partial charge in [0.2, 0.25) is 0 Å². The zero-order valence-corrected chi connectivity index (χ0v) is 9.77. The van der Waals surface area contributed by atoms with Gasteiger partial charge in [-0.3, -0.25) is 0 Å². The Bertz CT molecular complexity index is 472. The number of methoxy groups -OCH3 is 1. The van der Waals surface area contributed by atoms with Gasteiger partial charge in [-0.25, -0.2) is 4.79 Å². The second kappa shape index (κ2) is 6.33. The lowest BCUT2D eigenvalue weighted by atomic mass is 10.2. The fourth-order valence-electron chi connectivity index (χ4n) is 1.16. The molecule has 0 bridgehead atoms. The maximum Gasteiger partial charge on any atom is 0.333 e. The Morgan fingerprint density at radius 1 is 1.53 bits per heavy atom. The molecule has 0 aliphatic carbocycles. The number of carbonyl (C=O) groups is 1. The highest BCUT2D eigenvalue weighted by Gasteiger charge is 2.02. The van der Waals surface area contributed by atoms with Crippen LogP contribution in [0.5, 0.6) is 5.75 Å². The molecule has 0 atom stereocenters. The minimum atomic E-state index is -0.376. The number of carbonyl (C=O) groups excluding carboxylic acids is 1. The van der Waals surface area contributed by atoms with Gasteiger partial charge < -0.3 is 9.47 Å². The van der Waals surface area contributed by atoms with E-state index in [-0.39, 0.29) is 12.6 Å². The summed E-state index contributed by atoms with van der Waals surface area (Å²) in [6.45, 7) is 1.91. The van der Waals surface area contributed by atoms with Crippen molar-refractivity contribution in [3.05, 3.63) is 41.5 Å². The maximum atomic E-state index is 11.1. The zero-order chi connectivity index (χ0) is 12.7. The van der Waals surface area contributed by atoms with Gasteiger partial charge in [-0.1, -0.05) is 6.07 Å². The average molecular weight is 231 g/mol. The van der Waals surface area contributed by atoms with Crippen LogP contribution in [0.25, 0.3) is 0 Å². The molecule has 0 saturated carbocycles. The molecule has 4 nitrogen and oxygen atoms in total. The van der Waals surface area contributed by atoms with Crippen molar-refractivity contribution in [1.82, 2.24) is 0 Å². The number of esters is 1. The van der Waals surface area contributed by atoms with Crippen molar-refractivity contribution in [2.75, 3.05) is 13.7 Å². The van der Waals surface area contributed by atoms with E-state index in [1.54, 1.807) is 37.3 Å². The van der Waals surface area contributed by atoms with Crippen molar-refractivity contribution in [2.45, 2.75) is 6.92 Å². The molecule has 0 aliphatic rings. The largest absolute Gasteiger partial charge is 0.489 e. The Morgan fingerprint density at radius 3 is 2.94 bits per heavy atom. The van der Waals surface area contributed by atoms with Gasteiger partial charge in [0.15, 0.2) is 0 Å². The van der Waals surface area contributed by atoms with Crippen molar-refractivity contribution in [2.24, 2.45) is 0 Å². The molecular formula is C13H13NO3. The fraction of sp³-hybridized carbons (Fsp3) is 0.231. The summed E-state index contributed by atoms with van der Waals surface area (Å²) in [5.74, 6) is 0.220. The first-order chi connectivity index (χ1) is 8.17. The summed E-state index contributed by atoms with van der Waals surface area (Å²) >= 11 is 0. The standard InChI is InChI=1S/C13H13NO3/c1-10(13(15)16-2)6-7-17-12-5-3-4-11(8-12)9-14/h3-6,8H,7H2,1-2H3. The first kappa shape index (κ1) is 12.8. The van der Waals surface area contributed by atoms with Crippen LogP contribution in [-0.2, 0) is 9.53 Å². The van der Waals surface area contributed by atoms with Crippen LogP contribution >= 0.6 is 0 Å². The molecule has 88 valence electrons. The monoisotopic (exact) mass is 231 g/mol. The lowest BCUT2D eigenvalue weighted by molar-refractivity contribution is -0.136. The Kier molecular flexibility index (Phi) is 4.77. The molecule has 0 aliphatic heterocycles. The number of hydrogen-bond donors (Lipinski definition) is 0. The lowest BCUT2D eigenvalue weighted by Gasteiger charge is -2.04. The summed E-state index contributed by atoms with van der Waals surface area (Å²) in [6.07, 6.45) is 1.63. The molecule has 0 aromatic heterocycles. The summed E-state index contributed by atoms with van der Waals surface area (Å²) in [7, 11) is 1.33. The topological polar surface area (TPSA) is 59.3 Å². The van der Waals surface area contributed by atoms with E-state index in [1.807, 2.05) is 6.07 Å². The summed E-state index contributed by atoms with van der Waals surface area (Å²) in [5, 5.41) is 8.70. The average Bonchev–Trinajstić information content (AvgIpc) is 2.37. The molecule has 0 saturated heterocycles. The summed E-state index contributed by atoms with van der Waals surface area (Å²) < 4.78 is 9.92. The Morgan fingerprint density at radius 2 is 2.29 bits per heavy atom. The minimum absolute atomic E-state index is 0.260. The van der Waals surface area contributed by atoms with E-state index in [2.05, 4.69) is 4.74 Å². The van der Waals surface area contributed by atoms with E-state index in [0.717, 1.165) is 0 Å². The molecule has 0 N–H and O–H groups in total. The van der Waals surface area contributed by atoms with Crippen LogP contribution in [0, 0.1) is 11.3 Å². The van der Waals surface area contributed by atoms with E-state index in [9.17, 15) is 4.79 Å². The highest BCUT2D eigenvalue weighted by Crippen LogP contribution is 2.12. The second-order valence-corrected chi connectivity index (χ2v) is 3.33. The number of ether oxygens (including phenoxy) is 2. The van der Waals surface area contributed by atoms with Crippen molar-refractivity contribution >= 4 is 5.97 Å². The molecule has 0 spiro atoms. The highest BCUT2D eigenvalue weighted by atomic mass is 16.5. The molecule has 1 rings (SSSR count). The van der Waals surface area contributed by atoms with Crippen LogP contribution in [-0.4, -0.2) is 19.7 Å². The molecule has 17 heavy (non-hydrogen) atoms. The predicted octanol–water partition coefficient (Wildman–Crippen LogP) is 2.06. The van der Waals surface area contributed by atoms with Gasteiger partial charge in [0, 0.05) is 5.57 Å². The Labute approximate surface area is 100 Å². The molecular weight excluding hydrogens is 218 g/mol. The normalized spacial score (nSPS) is 10.5. The first-order valence-corrected chi connectivity index (χ1v) is 5.05. The summed E-state index contributed by atoms with van der Waals surface area (Å²) in [4.78, 5) is 11.1. The third kappa shape index (κ3) is 3.99. The van der Waals surface area contributed by atoms with Crippen molar-refractivity contribution in [1.29, 1.82) is 5.26 Å². The molecule has 1 aromatic carbocycles. The van der Waals surface area contributed by atoms with E-state index in [4.69, 9.17) is 10.00 Å². The van der Waals surface area contributed by atoms with E-state index in [0.29, 0.717) is 16.9 Å². The number of hydrogen-bond acceptors (Lipinski definition) is 4. The van der Waals surface area contributed by atoms with Crippen molar-refractivity contribution < 1.29 is 14.3 Å².